The molecule has 0 aliphatic carbocycles. The summed E-state index contributed by atoms with van der Waals surface area (Å²) in [5.41, 5.74) is 6.67. The lowest BCUT2D eigenvalue weighted by Crippen LogP contribution is -2.16. The molecule has 96 valence electrons. The Hall–Kier alpha value is -1.79. The number of benzene rings is 1. The molecule has 2 aromatic rings. The summed E-state index contributed by atoms with van der Waals surface area (Å²) in [7, 11) is 1.55. The Morgan fingerprint density at radius 1 is 1.39 bits per heavy atom. The first-order valence-electron chi connectivity index (χ1n) is 5.50. The summed E-state index contributed by atoms with van der Waals surface area (Å²) in [6, 6.07) is 5.73. The van der Waals surface area contributed by atoms with Gasteiger partial charge in [0.25, 0.3) is 0 Å². The highest BCUT2D eigenvalue weighted by Gasteiger charge is 2.14. The average Bonchev–Trinajstić information content (AvgIpc) is 2.81. The molecule has 0 bridgehead atoms. The summed E-state index contributed by atoms with van der Waals surface area (Å²) >= 11 is 0. The second-order valence-electron chi connectivity index (χ2n) is 3.91. The molecule has 0 amide bonds. The van der Waals surface area contributed by atoms with Gasteiger partial charge >= 0.3 is 0 Å². The van der Waals surface area contributed by atoms with Crippen LogP contribution in [0.2, 0.25) is 0 Å². The largest absolute Gasteiger partial charge is 0.383 e. The van der Waals surface area contributed by atoms with E-state index in [1.807, 2.05) is 0 Å². The van der Waals surface area contributed by atoms with Crippen LogP contribution in [-0.4, -0.2) is 23.9 Å². The van der Waals surface area contributed by atoms with E-state index in [1.165, 1.54) is 12.1 Å². The predicted octanol–water partition coefficient (Wildman–Crippen LogP) is 1.45. The molecule has 0 fully saturated rings. The van der Waals surface area contributed by atoms with E-state index in [2.05, 4.69) is 10.1 Å². The van der Waals surface area contributed by atoms with Gasteiger partial charge in [-0.2, -0.15) is 4.98 Å². The Kier molecular flexibility index (Phi) is 4.01. The first-order valence-corrected chi connectivity index (χ1v) is 5.50. The molecule has 1 aromatic heterocycles. The molecule has 0 radical (unpaired) electrons. The summed E-state index contributed by atoms with van der Waals surface area (Å²) in [4.78, 5) is 4.17. The Labute approximate surface area is 104 Å². The van der Waals surface area contributed by atoms with Gasteiger partial charge in [-0.1, -0.05) is 17.3 Å². The van der Waals surface area contributed by atoms with Gasteiger partial charge < -0.3 is 15.0 Å². The van der Waals surface area contributed by atoms with Crippen LogP contribution >= 0.6 is 0 Å². The number of halogens is 1. The van der Waals surface area contributed by atoms with Gasteiger partial charge in [0.2, 0.25) is 5.89 Å². The minimum Gasteiger partial charge on any atom is -0.383 e. The van der Waals surface area contributed by atoms with Crippen molar-refractivity contribution in [3.05, 3.63) is 47.4 Å². The first-order chi connectivity index (χ1) is 8.69. The van der Waals surface area contributed by atoms with E-state index in [4.69, 9.17) is 15.0 Å². The molecule has 0 saturated carbocycles. The molecule has 5 nitrogen and oxygen atoms in total. The lowest BCUT2D eigenvalue weighted by Gasteiger charge is -2.02. The number of nitrogens with two attached hydrogens (primary N) is 1. The van der Waals surface area contributed by atoms with E-state index in [0.29, 0.717) is 24.7 Å². The maximum Gasteiger partial charge on any atom is 0.245 e. The minimum atomic E-state index is -0.426. The molecule has 1 heterocycles. The zero-order valence-electron chi connectivity index (χ0n) is 9.97. The minimum absolute atomic E-state index is 0.269. The van der Waals surface area contributed by atoms with Crippen molar-refractivity contribution >= 4 is 0 Å². The molecule has 2 N–H and O–H groups in total. The lowest BCUT2D eigenvalue weighted by molar-refractivity contribution is 0.166. The molecule has 6 heteroatoms. The van der Waals surface area contributed by atoms with Crippen LogP contribution in [0.3, 0.4) is 0 Å². The van der Waals surface area contributed by atoms with Crippen LogP contribution in [0.25, 0.3) is 0 Å². The fourth-order valence-electron chi connectivity index (χ4n) is 1.53. The van der Waals surface area contributed by atoms with E-state index in [0.717, 1.165) is 5.56 Å². The molecular formula is C12H14FN3O2. The van der Waals surface area contributed by atoms with Crippen LogP contribution in [-0.2, 0) is 11.2 Å². The van der Waals surface area contributed by atoms with Gasteiger partial charge in [0, 0.05) is 13.5 Å². The number of hydrogen-bond donors (Lipinski definition) is 1. The first kappa shape index (κ1) is 12.7. The van der Waals surface area contributed by atoms with Gasteiger partial charge in [-0.3, -0.25) is 0 Å². The Balaban J connectivity index is 2.04. The SMILES string of the molecule is COCC(N)c1nc(Cc2ccc(F)cc2)no1. The third-order valence-electron chi connectivity index (χ3n) is 2.42. The molecule has 2 rings (SSSR count). The quantitative estimate of drug-likeness (QED) is 0.870. The van der Waals surface area contributed by atoms with Crippen LogP contribution in [0.4, 0.5) is 4.39 Å². The molecule has 0 aliphatic rings. The third kappa shape index (κ3) is 3.12. The van der Waals surface area contributed by atoms with Crippen molar-refractivity contribution < 1.29 is 13.7 Å². The molecule has 0 spiro atoms. The number of nitrogens with zero attached hydrogens (tertiary/aromatic N) is 2. The highest BCUT2D eigenvalue weighted by atomic mass is 19.1. The molecular weight excluding hydrogens is 237 g/mol. The molecule has 0 aliphatic heterocycles. The topological polar surface area (TPSA) is 74.2 Å². The molecule has 1 atom stereocenters. The van der Waals surface area contributed by atoms with Crippen molar-refractivity contribution in [2.24, 2.45) is 5.73 Å². The lowest BCUT2D eigenvalue weighted by atomic mass is 10.1. The average molecular weight is 251 g/mol. The van der Waals surface area contributed by atoms with E-state index in [-0.39, 0.29) is 5.82 Å². The molecule has 0 saturated heterocycles. The number of rotatable bonds is 5. The summed E-state index contributed by atoms with van der Waals surface area (Å²) in [6.45, 7) is 0.318. The summed E-state index contributed by atoms with van der Waals surface area (Å²) in [5.74, 6) is 0.590. The fraction of sp³-hybridized carbons (Fsp3) is 0.333. The van der Waals surface area contributed by atoms with Crippen molar-refractivity contribution in [3.8, 4) is 0 Å². The van der Waals surface area contributed by atoms with Gasteiger partial charge in [-0.15, -0.1) is 0 Å². The van der Waals surface area contributed by atoms with E-state index >= 15 is 0 Å². The standard InChI is InChI=1S/C12H14FN3O2/c1-17-7-10(14)12-15-11(16-18-12)6-8-2-4-9(13)5-3-8/h2-5,10H,6-7,14H2,1H3. The van der Waals surface area contributed by atoms with Gasteiger partial charge in [0.05, 0.1) is 6.61 Å². The van der Waals surface area contributed by atoms with Crippen molar-refractivity contribution in [2.75, 3.05) is 13.7 Å². The van der Waals surface area contributed by atoms with Gasteiger partial charge in [0.15, 0.2) is 5.82 Å². The van der Waals surface area contributed by atoms with Crippen LogP contribution < -0.4 is 5.73 Å². The smallest absolute Gasteiger partial charge is 0.245 e. The normalized spacial score (nSPS) is 12.6. The van der Waals surface area contributed by atoms with Crippen molar-refractivity contribution in [3.63, 3.8) is 0 Å². The van der Waals surface area contributed by atoms with Crippen LogP contribution in [0.5, 0.6) is 0 Å². The highest BCUT2D eigenvalue weighted by Crippen LogP contribution is 2.11. The number of hydrogen-bond acceptors (Lipinski definition) is 5. The van der Waals surface area contributed by atoms with Gasteiger partial charge in [-0.05, 0) is 17.7 Å². The Bertz CT molecular complexity index is 498. The monoisotopic (exact) mass is 251 g/mol. The number of methoxy groups -OCH3 is 1. The molecule has 1 aromatic carbocycles. The van der Waals surface area contributed by atoms with E-state index < -0.39 is 6.04 Å². The zero-order chi connectivity index (χ0) is 13.0. The summed E-state index contributed by atoms with van der Waals surface area (Å²) in [6.07, 6.45) is 0.476. The van der Waals surface area contributed by atoms with Crippen molar-refractivity contribution in [2.45, 2.75) is 12.5 Å². The van der Waals surface area contributed by atoms with E-state index in [9.17, 15) is 4.39 Å². The van der Waals surface area contributed by atoms with Crippen LogP contribution in [0, 0.1) is 5.82 Å². The number of ether oxygens (including phenoxy) is 1. The highest BCUT2D eigenvalue weighted by molar-refractivity contribution is 5.19. The molecule has 1 unspecified atom stereocenters. The van der Waals surface area contributed by atoms with E-state index in [1.54, 1.807) is 19.2 Å². The number of aromatic nitrogens is 2. The summed E-state index contributed by atoms with van der Waals surface area (Å²) < 4.78 is 22.7. The fourth-order valence-corrected chi connectivity index (χ4v) is 1.53. The Morgan fingerprint density at radius 3 is 2.78 bits per heavy atom. The summed E-state index contributed by atoms with van der Waals surface area (Å²) in [5, 5.41) is 3.82. The molecule has 18 heavy (non-hydrogen) atoms. The van der Waals surface area contributed by atoms with Gasteiger partial charge in [-0.25, -0.2) is 4.39 Å². The zero-order valence-corrected chi connectivity index (χ0v) is 9.97. The van der Waals surface area contributed by atoms with Crippen LogP contribution in [0.15, 0.2) is 28.8 Å². The second kappa shape index (κ2) is 5.70. The third-order valence-corrected chi connectivity index (χ3v) is 2.42. The second-order valence-corrected chi connectivity index (χ2v) is 3.91. The maximum absolute atomic E-state index is 12.7. The Morgan fingerprint density at radius 2 is 2.11 bits per heavy atom. The predicted molar refractivity (Wildman–Crippen MR) is 62.3 cm³/mol. The van der Waals surface area contributed by atoms with Crippen LogP contribution in [0.1, 0.15) is 23.3 Å². The maximum atomic E-state index is 12.7. The van der Waals surface area contributed by atoms with Gasteiger partial charge in [0.1, 0.15) is 11.9 Å². The van der Waals surface area contributed by atoms with Crippen molar-refractivity contribution in [1.29, 1.82) is 0 Å². The van der Waals surface area contributed by atoms with Crippen molar-refractivity contribution in [1.82, 2.24) is 10.1 Å².